The van der Waals surface area contributed by atoms with Crippen LogP contribution in [0.3, 0.4) is 0 Å². The van der Waals surface area contributed by atoms with E-state index in [-0.39, 0.29) is 0 Å². The Labute approximate surface area is 115 Å². The van der Waals surface area contributed by atoms with Crippen molar-refractivity contribution in [2.75, 3.05) is 37.7 Å². The molecule has 0 aliphatic carbocycles. The maximum absolute atomic E-state index is 3.41. The molecule has 0 bridgehead atoms. The zero-order valence-electron chi connectivity index (χ0n) is 11.5. The van der Waals surface area contributed by atoms with Crippen LogP contribution in [-0.2, 0) is 0 Å². The highest BCUT2D eigenvalue weighted by Gasteiger charge is 2.19. The van der Waals surface area contributed by atoms with Crippen molar-refractivity contribution in [1.82, 2.24) is 15.3 Å². The van der Waals surface area contributed by atoms with Gasteiger partial charge in [0.2, 0.25) is 0 Å². The number of hydrazine groups is 1. The van der Waals surface area contributed by atoms with Gasteiger partial charge in [-0.3, -0.25) is 4.90 Å². The average molecular weight is 258 g/mol. The molecule has 1 unspecified atom stereocenters. The van der Waals surface area contributed by atoms with Crippen LogP contribution in [0.1, 0.15) is 6.92 Å². The summed E-state index contributed by atoms with van der Waals surface area (Å²) in [6.45, 7) is 7.60. The summed E-state index contributed by atoms with van der Waals surface area (Å²) < 4.78 is 0. The first-order valence-electron chi connectivity index (χ1n) is 7.05. The Morgan fingerprint density at radius 3 is 2.47 bits per heavy atom. The van der Waals surface area contributed by atoms with Crippen LogP contribution in [0, 0.1) is 0 Å². The van der Waals surface area contributed by atoms with Crippen LogP contribution in [0.4, 0.5) is 5.69 Å². The van der Waals surface area contributed by atoms with Gasteiger partial charge in [-0.05, 0) is 25.1 Å². The third-order valence-electron chi connectivity index (χ3n) is 3.77. The molecule has 0 spiro atoms. The molecule has 2 aliphatic rings. The maximum Gasteiger partial charge on any atom is 0.0858 e. The van der Waals surface area contributed by atoms with Crippen molar-refractivity contribution in [3.8, 4) is 0 Å². The van der Waals surface area contributed by atoms with Crippen molar-refractivity contribution in [3.63, 3.8) is 0 Å². The van der Waals surface area contributed by atoms with Crippen LogP contribution in [-0.4, -0.2) is 48.8 Å². The molecule has 4 heteroatoms. The monoisotopic (exact) mass is 258 g/mol. The van der Waals surface area contributed by atoms with Crippen molar-refractivity contribution in [3.05, 3.63) is 42.6 Å². The number of benzene rings is 1. The van der Waals surface area contributed by atoms with Crippen molar-refractivity contribution >= 4 is 5.69 Å². The van der Waals surface area contributed by atoms with Gasteiger partial charge >= 0.3 is 0 Å². The Hall–Kier alpha value is -1.52. The number of piperazine rings is 1. The van der Waals surface area contributed by atoms with E-state index in [0.717, 1.165) is 32.8 Å². The molecular formula is C15H22N4. The maximum atomic E-state index is 3.41. The fraction of sp³-hybridized carbons (Fsp3) is 0.467. The first-order valence-corrected chi connectivity index (χ1v) is 7.05. The summed E-state index contributed by atoms with van der Waals surface area (Å²) in [6.07, 6.45) is 4.34. The van der Waals surface area contributed by atoms with Crippen LogP contribution < -0.4 is 10.3 Å². The van der Waals surface area contributed by atoms with E-state index in [1.54, 1.807) is 0 Å². The summed E-state index contributed by atoms with van der Waals surface area (Å²) in [5.41, 5.74) is 4.75. The highest BCUT2D eigenvalue weighted by Crippen LogP contribution is 2.15. The quantitative estimate of drug-likeness (QED) is 0.886. The molecule has 1 saturated heterocycles. The van der Waals surface area contributed by atoms with Crippen LogP contribution in [0.15, 0.2) is 42.6 Å². The molecule has 1 aromatic carbocycles. The number of nitrogens with zero attached hydrogens (tertiary/aromatic N) is 3. The summed E-state index contributed by atoms with van der Waals surface area (Å²) in [5.74, 6) is 0. The third kappa shape index (κ3) is 3.08. The third-order valence-corrected chi connectivity index (χ3v) is 3.77. The minimum Gasteiger partial charge on any atom is -0.369 e. The van der Waals surface area contributed by atoms with E-state index in [1.165, 1.54) is 5.69 Å². The van der Waals surface area contributed by atoms with Gasteiger partial charge in [0.25, 0.3) is 0 Å². The van der Waals surface area contributed by atoms with E-state index in [2.05, 4.69) is 69.8 Å². The molecule has 1 fully saturated rings. The minimum absolute atomic E-state index is 0.464. The van der Waals surface area contributed by atoms with E-state index in [4.69, 9.17) is 0 Å². The summed E-state index contributed by atoms with van der Waals surface area (Å²) in [6, 6.07) is 11.2. The van der Waals surface area contributed by atoms with Gasteiger partial charge in [-0.2, -0.15) is 0 Å². The van der Waals surface area contributed by atoms with Gasteiger partial charge in [0, 0.05) is 44.1 Å². The number of nitrogens with one attached hydrogen (secondary N) is 1. The standard InChI is InChI=1S/C15H22N4/c1-14-7-8-19(16-14)13-17-9-11-18(12-10-17)15-5-3-2-4-6-15/h2-8,14,16H,9-13H2,1H3. The molecule has 1 N–H and O–H groups in total. The Bertz CT molecular complexity index is 423. The van der Waals surface area contributed by atoms with Gasteiger partial charge in [-0.1, -0.05) is 18.2 Å². The first-order chi connectivity index (χ1) is 9.31. The van der Waals surface area contributed by atoms with E-state index in [0.29, 0.717) is 6.04 Å². The summed E-state index contributed by atoms with van der Waals surface area (Å²) >= 11 is 0. The van der Waals surface area contributed by atoms with Crippen LogP contribution >= 0.6 is 0 Å². The molecule has 0 aromatic heterocycles. The lowest BCUT2D eigenvalue weighted by atomic mass is 10.2. The van der Waals surface area contributed by atoms with E-state index in [9.17, 15) is 0 Å². The molecule has 0 amide bonds. The summed E-state index contributed by atoms with van der Waals surface area (Å²) in [4.78, 5) is 4.96. The number of rotatable bonds is 3. The van der Waals surface area contributed by atoms with Gasteiger partial charge in [0.15, 0.2) is 0 Å². The second-order valence-electron chi connectivity index (χ2n) is 5.31. The zero-order chi connectivity index (χ0) is 13.1. The highest BCUT2D eigenvalue weighted by molar-refractivity contribution is 5.46. The zero-order valence-corrected chi connectivity index (χ0v) is 11.5. The fourth-order valence-corrected chi connectivity index (χ4v) is 2.67. The SMILES string of the molecule is CC1C=CN(CN2CCN(c3ccccc3)CC2)N1. The lowest BCUT2D eigenvalue weighted by molar-refractivity contribution is 0.130. The Morgan fingerprint density at radius 2 is 1.84 bits per heavy atom. The topological polar surface area (TPSA) is 21.8 Å². The normalized spacial score (nSPS) is 24.2. The number of hydrogen-bond donors (Lipinski definition) is 1. The summed E-state index contributed by atoms with van der Waals surface area (Å²) in [7, 11) is 0. The molecule has 2 heterocycles. The second-order valence-corrected chi connectivity index (χ2v) is 5.31. The van der Waals surface area contributed by atoms with Gasteiger partial charge < -0.3 is 9.91 Å². The molecule has 4 nitrogen and oxygen atoms in total. The fourth-order valence-electron chi connectivity index (χ4n) is 2.67. The smallest absolute Gasteiger partial charge is 0.0858 e. The first kappa shape index (κ1) is 12.5. The molecule has 1 atom stereocenters. The molecule has 1 aromatic rings. The van der Waals surface area contributed by atoms with Crippen LogP contribution in [0.2, 0.25) is 0 Å². The minimum atomic E-state index is 0.464. The number of hydrogen-bond acceptors (Lipinski definition) is 4. The van der Waals surface area contributed by atoms with E-state index >= 15 is 0 Å². The molecule has 102 valence electrons. The molecule has 3 rings (SSSR count). The number of para-hydroxylation sites is 1. The largest absolute Gasteiger partial charge is 0.369 e. The molecule has 0 saturated carbocycles. The van der Waals surface area contributed by atoms with Crippen molar-refractivity contribution in [1.29, 1.82) is 0 Å². The molecule has 19 heavy (non-hydrogen) atoms. The van der Waals surface area contributed by atoms with Gasteiger partial charge in [-0.15, -0.1) is 0 Å². The Kier molecular flexibility index (Phi) is 3.71. The Balaban J connectivity index is 1.49. The average Bonchev–Trinajstić information content (AvgIpc) is 2.86. The van der Waals surface area contributed by atoms with Gasteiger partial charge in [0.05, 0.1) is 6.67 Å². The lowest BCUT2D eigenvalue weighted by Crippen LogP contribution is -2.51. The van der Waals surface area contributed by atoms with Crippen LogP contribution in [0.25, 0.3) is 0 Å². The molecule has 0 radical (unpaired) electrons. The van der Waals surface area contributed by atoms with E-state index < -0.39 is 0 Å². The van der Waals surface area contributed by atoms with Crippen LogP contribution in [0.5, 0.6) is 0 Å². The van der Waals surface area contributed by atoms with Gasteiger partial charge in [-0.25, -0.2) is 5.43 Å². The summed E-state index contributed by atoms with van der Waals surface area (Å²) in [5, 5.41) is 2.18. The predicted molar refractivity (Wildman–Crippen MR) is 78.7 cm³/mol. The van der Waals surface area contributed by atoms with Gasteiger partial charge in [0.1, 0.15) is 0 Å². The number of anilines is 1. The lowest BCUT2D eigenvalue weighted by Gasteiger charge is -2.37. The van der Waals surface area contributed by atoms with Crippen molar-refractivity contribution in [2.24, 2.45) is 0 Å². The Morgan fingerprint density at radius 1 is 1.11 bits per heavy atom. The van der Waals surface area contributed by atoms with E-state index in [1.807, 2.05) is 0 Å². The predicted octanol–water partition coefficient (Wildman–Crippen LogP) is 1.49. The highest BCUT2D eigenvalue weighted by atomic mass is 15.6. The molecular weight excluding hydrogens is 236 g/mol. The van der Waals surface area contributed by atoms with Crippen molar-refractivity contribution in [2.45, 2.75) is 13.0 Å². The van der Waals surface area contributed by atoms with Crippen molar-refractivity contribution < 1.29 is 0 Å². The second kappa shape index (κ2) is 5.63. The molecule has 2 aliphatic heterocycles.